The van der Waals surface area contributed by atoms with E-state index in [1.54, 1.807) is 31.4 Å². The van der Waals surface area contributed by atoms with Crippen LogP contribution in [-0.4, -0.2) is 61.9 Å². The van der Waals surface area contributed by atoms with Crippen LogP contribution < -0.4 is 20.3 Å². The predicted molar refractivity (Wildman–Crippen MR) is 174 cm³/mol. The molecular formula is C32H33N7O3S2. The maximum Gasteiger partial charge on any atom is 0.204 e. The highest BCUT2D eigenvalue weighted by molar-refractivity contribution is 7.99. The highest BCUT2D eigenvalue weighted by atomic mass is 32.2. The number of methoxy groups -OCH3 is 1. The summed E-state index contributed by atoms with van der Waals surface area (Å²) in [4.78, 5) is 12.9. The number of sulfone groups is 1. The Bertz CT molecular complexity index is 1840. The summed E-state index contributed by atoms with van der Waals surface area (Å²) >= 11 is 1.35. The van der Waals surface area contributed by atoms with Crippen LogP contribution in [0.1, 0.15) is 11.3 Å². The van der Waals surface area contributed by atoms with Gasteiger partial charge in [0.15, 0.2) is 32.4 Å². The van der Waals surface area contributed by atoms with Gasteiger partial charge in [0.2, 0.25) is 5.75 Å². The third kappa shape index (κ3) is 6.72. The van der Waals surface area contributed by atoms with Crippen LogP contribution in [0.2, 0.25) is 0 Å². The average molecular weight is 628 g/mol. The number of hydrogen-bond donors (Lipinski definition) is 3. The minimum atomic E-state index is -3.59. The van der Waals surface area contributed by atoms with Crippen LogP contribution in [0.3, 0.4) is 0 Å². The summed E-state index contributed by atoms with van der Waals surface area (Å²) in [6.07, 6.45) is 0. The number of ether oxygens (including phenoxy) is 1. The molecule has 3 aromatic carbocycles. The molecule has 0 aliphatic carbocycles. The predicted octanol–water partition coefficient (Wildman–Crippen LogP) is 5.46. The highest BCUT2D eigenvalue weighted by Crippen LogP contribution is 2.38. The smallest absolute Gasteiger partial charge is 0.204 e. The van der Waals surface area contributed by atoms with Crippen molar-refractivity contribution in [3.63, 3.8) is 0 Å². The molecule has 44 heavy (non-hydrogen) atoms. The summed E-state index contributed by atoms with van der Waals surface area (Å²) in [7, 11) is -1.99. The Morgan fingerprint density at radius 1 is 0.955 bits per heavy atom. The summed E-state index contributed by atoms with van der Waals surface area (Å²) < 4.78 is 32.8. The molecule has 0 amide bonds. The lowest BCUT2D eigenvalue weighted by atomic mass is 10.0. The number of H-pyrrole nitrogens is 1. The molecule has 0 spiro atoms. The number of rotatable bonds is 10. The molecule has 0 saturated carbocycles. The standard InChI is InChI=1S/C32H33N7O3S2/c1-22-20-28(38-37-22)34-30-29(42-2)31(39-18-16-33-17-19-39)36-32(35-30)43-25-12-14-26(15-13-25)44(40,41)21-24-10-6-7-11-27(24)23-8-4-3-5-9-23/h3-15,20,33H,16-19,21H2,1-2H3,(H2,34,35,36,37,38). The van der Waals surface area contributed by atoms with Crippen molar-refractivity contribution in [3.8, 4) is 16.9 Å². The quantitative estimate of drug-likeness (QED) is 0.172. The van der Waals surface area contributed by atoms with Crippen LogP contribution in [0.15, 0.2) is 99.9 Å². The molecule has 3 N–H and O–H groups in total. The zero-order valence-electron chi connectivity index (χ0n) is 24.4. The third-order valence-corrected chi connectivity index (χ3v) is 9.79. The van der Waals surface area contributed by atoms with E-state index in [1.165, 1.54) is 11.8 Å². The monoisotopic (exact) mass is 627 g/mol. The molecule has 1 aliphatic heterocycles. The van der Waals surface area contributed by atoms with Gasteiger partial charge in [-0.3, -0.25) is 5.10 Å². The SMILES string of the molecule is COc1c(Nc2cc(C)[nH]n2)nc(Sc2ccc(S(=O)(=O)Cc3ccccc3-c3ccccc3)cc2)nc1N1CCNCC1. The van der Waals surface area contributed by atoms with Crippen molar-refractivity contribution in [3.05, 3.63) is 96.2 Å². The summed E-state index contributed by atoms with van der Waals surface area (Å²) in [5.74, 6) is 2.25. The zero-order valence-corrected chi connectivity index (χ0v) is 26.1. The largest absolute Gasteiger partial charge is 0.490 e. The molecule has 1 fully saturated rings. The maximum absolute atomic E-state index is 13.5. The molecule has 0 atom stereocenters. The van der Waals surface area contributed by atoms with Gasteiger partial charge >= 0.3 is 0 Å². The van der Waals surface area contributed by atoms with Gasteiger partial charge in [0.05, 0.1) is 17.8 Å². The first kappa shape index (κ1) is 29.7. The maximum atomic E-state index is 13.5. The first-order valence-corrected chi connectivity index (χ1v) is 16.7. The summed E-state index contributed by atoms with van der Waals surface area (Å²) in [5, 5.41) is 14.4. The van der Waals surface area contributed by atoms with Gasteiger partial charge in [0, 0.05) is 42.8 Å². The van der Waals surface area contributed by atoms with Crippen LogP contribution in [0.5, 0.6) is 5.75 Å². The molecule has 10 nitrogen and oxygen atoms in total. The lowest BCUT2D eigenvalue weighted by Gasteiger charge is -2.30. The first-order valence-electron chi connectivity index (χ1n) is 14.2. The average Bonchev–Trinajstić information content (AvgIpc) is 3.46. The van der Waals surface area contributed by atoms with E-state index in [2.05, 4.69) is 25.7 Å². The topological polar surface area (TPSA) is 125 Å². The van der Waals surface area contributed by atoms with Crippen molar-refractivity contribution in [2.75, 3.05) is 43.5 Å². The Hall–Kier alpha value is -4.39. The second kappa shape index (κ2) is 13.1. The molecule has 6 rings (SSSR count). The normalized spacial score (nSPS) is 13.5. The number of piperazine rings is 1. The van der Waals surface area contributed by atoms with Gasteiger partial charge in [0.1, 0.15) is 0 Å². The lowest BCUT2D eigenvalue weighted by Crippen LogP contribution is -2.44. The molecule has 1 saturated heterocycles. The summed E-state index contributed by atoms with van der Waals surface area (Å²) in [6.45, 7) is 5.15. The Balaban J connectivity index is 1.26. The van der Waals surface area contributed by atoms with E-state index in [1.807, 2.05) is 67.6 Å². The van der Waals surface area contributed by atoms with Crippen LogP contribution in [0, 0.1) is 6.92 Å². The van der Waals surface area contributed by atoms with E-state index in [0.717, 1.165) is 53.5 Å². The van der Waals surface area contributed by atoms with Gasteiger partial charge < -0.3 is 20.3 Å². The van der Waals surface area contributed by atoms with Crippen molar-refractivity contribution in [1.82, 2.24) is 25.5 Å². The van der Waals surface area contributed by atoms with E-state index in [9.17, 15) is 8.42 Å². The van der Waals surface area contributed by atoms with E-state index in [0.29, 0.717) is 28.4 Å². The molecule has 0 radical (unpaired) electrons. The molecular weight excluding hydrogens is 595 g/mol. The van der Waals surface area contributed by atoms with E-state index in [4.69, 9.17) is 14.7 Å². The number of nitrogens with one attached hydrogen (secondary N) is 3. The Morgan fingerprint density at radius 2 is 1.68 bits per heavy atom. The molecule has 0 unspecified atom stereocenters. The van der Waals surface area contributed by atoms with E-state index in [-0.39, 0.29) is 10.6 Å². The number of benzene rings is 3. The van der Waals surface area contributed by atoms with Crippen LogP contribution in [0.4, 0.5) is 17.5 Å². The van der Waals surface area contributed by atoms with Gasteiger partial charge in [-0.15, -0.1) is 0 Å². The third-order valence-electron chi connectivity index (χ3n) is 7.24. The number of nitrogens with zero attached hydrogens (tertiary/aromatic N) is 4. The molecule has 0 bridgehead atoms. The minimum absolute atomic E-state index is 0.0953. The van der Waals surface area contributed by atoms with Crippen LogP contribution in [-0.2, 0) is 15.6 Å². The summed E-state index contributed by atoms with van der Waals surface area (Å²) in [6, 6.07) is 26.2. The number of hydrogen-bond acceptors (Lipinski definition) is 10. The molecule has 1 aliphatic rings. The fourth-order valence-electron chi connectivity index (χ4n) is 5.09. The minimum Gasteiger partial charge on any atom is -0.490 e. The number of aryl methyl sites for hydroxylation is 1. The van der Waals surface area contributed by atoms with Gasteiger partial charge in [-0.1, -0.05) is 54.6 Å². The Labute approximate surface area is 261 Å². The Kier molecular flexibility index (Phi) is 8.82. The fraction of sp³-hybridized carbons (Fsp3) is 0.219. The van der Waals surface area contributed by atoms with Crippen molar-refractivity contribution in [2.24, 2.45) is 0 Å². The van der Waals surface area contributed by atoms with Gasteiger partial charge in [0.25, 0.3) is 0 Å². The lowest BCUT2D eigenvalue weighted by molar-refractivity contribution is 0.409. The number of aromatic amines is 1. The van der Waals surface area contributed by atoms with E-state index < -0.39 is 9.84 Å². The van der Waals surface area contributed by atoms with E-state index >= 15 is 0 Å². The highest BCUT2D eigenvalue weighted by Gasteiger charge is 2.24. The van der Waals surface area contributed by atoms with Gasteiger partial charge in [-0.05, 0) is 59.6 Å². The van der Waals surface area contributed by atoms with Crippen molar-refractivity contribution in [2.45, 2.75) is 27.6 Å². The van der Waals surface area contributed by atoms with Crippen LogP contribution >= 0.6 is 11.8 Å². The zero-order chi connectivity index (χ0) is 30.5. The number of anilines is 3. The second-order valence-corrected chi connectivity index (χ2v) is 13.4. The van der Waals surface area contributed by atoms with Crippen molar-refractivity contribution in [1.29, 1.82) is 0 Å². The van der Waals surface area contributed by atoms with Crippen molar-refractivity contribution >= 4 is 39.1 Å². The number of aromatic nitrogens is 4. The van der Waals surface area contributed by atoms with Gasteiger partial charge in [-0.25, -0.2) is 18.4 Å². The molecule has 226 valence electrons. The Morgan fingerprint density at radius 3 is 2.39 bits per heavy atom. The first-order chi connectivity index (χ1) is 21.4. The second-order valence-electron chi connectivity index (χ2n) is 10.4. The molecule has 5 aromatic rings. The fourth-order valence-corrected chi connectivity index (χ4v) is 7.22. The molecule has 2 aromatic heterocycles. The molecule has 3 heterocycles. The molecule has 12 heteroatoms. The van der Waals surface area contributed by atoms with Gasteiger partial charge in [-0.2, -0.15) is 5.10 Å². The summed E-state index contributed by atoms with van der Waals surface area (Å²) in [5.41, 5.74) is 3.57. The van der Waals surface area contributed by atoms with Crippen LogP contribution in [0.25, 0.3) is 11.1 Å². The van der Waals surface area contributed by atoms with Crippen molar-refractivity contribution < 1.29 is 13.2 Å².